The largest absolute Gasteiger partial charge is 0.390 e. The Balaban J connectivity index is 1.29. The summed E-state index contributed by atoms with van der Waals surface area (Å²) in [6.07, 6.45) is 3.64. The topological polar surface area (TPSA) is 84.8 Å². The predicted molar refractivity (Wildman–Crippen MR) is 164 cm³/mol. The number of aromatic nitrogens is 2. The molecule has 1 aromatic heterocycles. The van der Waals surface area contributed by atoms with Gasteiger partial charge in [-0.2, -0.15) is 0 Å². The first kappa shape index (κ1) is 30.0. The second kappa shape index (κ2) is 14.1. The summed E-state index contributed by atoms with van der Waals surface area (Å²) in [5.41, 5.74) is 2.73. The highest BCUT2D eigenvalue weighted by Crippen LogP contribution is 2.26. The molecule has 0 aliphatic carbocycles. The van der Waals surface area contributed by atoms with Gasteiger partial charge in [-0.1, -0.05) is 12.1 Å². The molecular formula is C31H42N6O2S. The molecule has 0 spiro atoms. The molecule has 1 amide bonds. The summed E-state index contributed by atoms with van der Waals surface area (Å²) >= 11 is 1.74. The number of thioether (sulfide) groups is 1. The van der Waals surface area contributed by atoms with E-state index in [-0.39, 0.29) is 5.91 Å². The molecule has 1 fully saturated rings. The van der Waals surface area contributed by atoms with Crippen LogP contribution in [0.25, 0.3) is 11.3 Å². The Labute approximate surface area is 242 Å². The zero-order chi connectivity index (χ0) is 28.5. The lowest BCUT2D eigenvalue weighted by atomic mass is 10.1. The molecule has 1 aliphatic rings. The van der Waals surface area contributed by atoms with Gasteiger partial charge in [-0.05, 0) is 96.3 Å². The van der Waals surface area contributed by atoms with Crippen molar-refractivity contribution in [2.75, 3.05) is 64.4 Å². The predicted octanol–water partition coefficient (Wildman–Crippen LogP) is 4.85. The molecule has 0 bridgehead atoms. The van der Waals surface area contributed by atoms with Gasteiger partial charge in [0.05, 0.1) is 11.3 Å². The third-order valence-corrected chi connectivity index (χ3v) is 7.93. The van der Waals surface area contributed by atoms with Crippen LogP contribution < -0.4 is 5.32 Å². The van der Waals surface area contributed by atoms with E-state index in [1.165, 1.54) is 0 Å². The second-order valence-electron chi connectivity index (χ2n) is 11.2. The van der Waals surface area contributed by atoms with Gasteiger partial charge in [0.2, 0.25) is 5.95 Å². The van der Waals surface area contributed by atoms with Crippen LogP contribution in [0.15, 0.2) is 65.7 Å². The highest BCUT2D eigenvalue weighted by molar-refractivity contribution is 7.99. The minimum atomic E-state index is -0.644. The highest BCUT2D eigenvalue weighted by atomic mass is 32.2. The number of hydrogen-bond acceptors (Lipinski definition) is 8. The minimum Gasteiger partial charge on any atom is -0.390 e. The summed E-state index contributed by atoms with van der Waals surface area (Å²) in [6, 6.07) is 17.7. The molecule has 1 aliphatic heterocycles. The maximum atomic E-state index is 13.0. The number of piperazine rings is 1. The van der Waals surface area contributed by atoms with Crippen LogP contribution >= 0.6 is 11.8 Å². The average molecular weight is 563 g/mol. The number of rotatable bonds is 12. The molecule has 0 unspecified atom stereocenters. The first-order valence-corrected chi connectivity index (χ1v) is 15.0. The van der Waals surface area contributed by atoms with E-state index < -0.39 is 5.60 Å². The Kier molecular flexibility index (Phi) is 10.6. The molecule has 2 aromatic carbocycles. The number of nitrogens with one attached hydrogen (secondary N) is 1. The van der Waals surface area contributed by atoms with Gasteiger partial charge < -0.3 is 20.2 Å². The molecular weight excluding hydrogens is 520 g/mol. The van der Waals surface area contributed by atoms with E-state index in [9.17, 15) is 9.90 Å². The number of anilines is 2. The van der Waals surface area contributed by atoms with Crippen LogP contribution in [-0.4, -0.2) is 100 Å². The van der Waals surface area contributed by atoms with Crippen LogP contribution in [0, 0.1) is 0 Å². The molecule has 9 heteroatoms. The fourth-order valence-corrected chi connectivity index (χ4v) is 5.68. The minimum absolute atomic E-state index is 0.0828. The van der Waals surface area contributed by atoms with Gasteiger partial charge in [0, 0.05) is 59.8 Å². The molecule has 0 saturated carbocycles. The van der Waals surface area contributed by atoms with Crippen molar-refractivity contribution >= 4 is 29.3 Å². The maximum Gasteiger partial charge on any atom is 0.253 e. The third-order valence-electron chi connectivity index (χ3n) is 6.92. The van der Waals surface area contributed by atoms with Gasteiger partial charge in [-0.3, -0.25) is 9.69 Å². The van der Waals surface area contributed by atoms with Crippen molar-refractivity contribution in [1.29, 1.82) is 0 Å². The van der Waals surface area contributed by atoms with Gasteiger partial charge in [-0.15, -0.1) is 11.8 Å². The molecule has 8 nitrogen and oxygen atoms in total. The Morgan fingerprint density at radius 1 is 1.02 bits per heavy atom. The summed E-state index contributed by atoms with van der Waals surface area (Å²) in [5.74, 6) is 1.45. The molecule has 214 valence electrons. The van der Waals surface area contributed by atoms with E-state index in [1.807, 2.05) is 49.1 Å². The number of benzene rings is 2. The van der Waals surface area contributed by atoms with Gasteiger partial charge in [-0.25, -0.2) is 9.97 Å². The van der Waals surface area contributed by atoms with Gasteiger partial charge >= 0.3 is 0 Å². The number of hydrogen-bond donors (Lipinski definition) is 2. The molecule has 3 aromatic rings. The van der Waals surface area contributed by atoms with Crippen molar-refractivity contribution in [3.8, 4) is 11.3 Å². The fourth-order valence-electron chi connectivity index (χ4n) is 4.51. The summed E-state index contributed by atoms with van der Waals surface area (Å²) in [7, 11) is 4.20. The van der Waals surface area contributed by atoms with Gasteiger partial charge in [0.1, 0.15) is 0 Å². The maximum absolute atomic E-state index is 13.0. The highest BCUT2D eigenvalue weighted by Gasteiger charge is 2.22. The zero-order valence-electron chi connectivity index (χ0n) is 24.1. The first-order chi connectivity index (χ1) is 19.2. The quantitative estimate of drug-likeness (QED) is 0.303. The van der Waals surface area contributed by atoms with Crippen molar-refractivity contribution in [3.05, 3.63) is 66.4 Å². The molecule has 2 heterocycles. The number of nitrogens with zero attached hydrogens (tertiary/aromatic N) is 5. The normalized spacial score (nSPS) is 14.5. The van der Waals surface area contributed by atoms with Gasteiger partial charge in [0.15, 0.2) is 0 Å². The number of amides is 1. The second-order valence-corrected chi connectivity index (χ2v) is 12.4. The molecule has 40 heavy (non-hydrogen) atoms. The van der Waals surface area contributed by atoms with Crippen molar-refractivity contribution in [2.24, 2.45) is 0 Å². The standard InChI is InChI=1S/C31H42N6O2S/c1-31(2,39)15-23-40-27-12-8-24(9-13-27)28-14-16-32-30(34-28)33-26-10-6-25(7-11-26)29(38)37-21-19-36(20-22-37)18-5-17-35(3)4/h6-14,16,39H,5,15,17-23H2,1-4H3,(H,32,33,34). The molecule has 0 atom stereocenters. The molecule has 1 saturated heterocycles. The smallest absolute Gasteiger partial charge is 0.253 e. The van der Waals surface area contributed by atoms with E-state index in [4.69, 9.17) is 0 Å². The SMILES string of the molecule is CN(C)CCCN1CCN(C(=O)c2ccc(Nc3nccc(-c4ccc(SCCC(C)(C)O)cc4)n3)cc2)CC1. The first-order valence-electron chi connectivity index (χ1n) is 14.0. The van der Waals surface area contributed by atoms with Crippen LogP contribution in [0.4, 0.5) is 11.6 Å². The van der Waals surface area contributed by atoms with Gasteiger partial charge in [0.25, 0.3) is 5.91 Å². The summed E-state index contributed by atoms with van der Waals surface area (Å²) in [6.45, 7) is 9.23. The van der Waals surface area contributed by atoms with Crippen LogP contribution in [0.2, 0.25) is 0 Å². The van der Waals surface area contributed by atoms with E-state index in [0.717, 1.165) is 79.7 Å². The Morgan fingerprint density at radius 2 is 1.73 bits per heavy atom. The Hall–Kier alpha value is -2.98. The van der Waals surface area contributed by atoms with E-state index in [2.05, 4.69) is 63.4 Å². The lowest BCUT2D eigenvalue weighted by molar-refractivity contribution is 0.0633. The van der Waals surface area contributed by atoms with Crippen LogP contribution in [0.3, 0.4) is 0 Å². The summed E-state index contributed by atoms with van der Waals surface area (Å²) < 4.78 is 0. The zero-order valence-corrected chi connectivity index (χ0v) is 25.0. The summed E-state index contributed by atoms with van der Waals surface area (Å²) in [5, 5.41) is 13.2. The van der Waals surface area contributed by atoms with Crippen LogP contribution in [0.1, 0.15) is 37.0 Å². The van der Waals surface area contributed by atoms with E-state index in [0.29, 0.717) is 11.5 Å². The third kappa shape index (κ3) is 9.30. The van der Waals surface area contributed by atoms with E-state index >= 15 is 0 Å². The number of carbonyl (C=O) groups excluding carboxylic acids is 1. The van der Waals surface area contributed by atoms with E-state index in [1.54, 1.807) is 18.0 Å². The number of carbonyl (C=O) groups is 1. The molecule has 4 rings (SSSR count). The van der Waals surface area contributed by atoms with Crippen molar-refractivity contribution in [2.45, 2.75) is 37.2 Å². The number of aliphatic hydroxyl groups is 1. The summed E-state index contributed by atoms with van der Waals surface area (Å²) in [4.78, 5) is 29.9. The lowest BCUT2D eigenvalue weighted by Gasteiger charge is -2.35. The van der Waals surface area contributed by atoms with Crippen molar-refractivity contribution in [3.63, 3.8) is 0 Å². The Morgan fingerprint density at radius 3 is 2.38 bits per heavy atom. The lowest BCUT2D eigenvalue weighted by Crippen LogP contribution is -2.49. The van der Waals surface area contributed by atoms with Crippen LogP contribution in [0.5, 0.6) is 0 Å². The van der Waals surface area contributed by atoms with Crippen molar-refractivity contribution < 1.29 is 9.90 Å². The van der Waals surface area contributed by atoms with Crippen molar-refractivity contribution in [1.82, 2.24) is 24.7 Å². The monoisotopic (exact) mass is 562 g/mol. The van der Waals surface area contributed by atoms with Crippen LogP contribution in [-0.2, 0) is 0 Å². The average Bonchev–Trinajstić information content (AvgIpc) is 2.93. The molecule has 0 radical (unpaired) electrons. The Bertz CT molecular complexity index is 1220. The fraction of sp³-hybridized carbons (Fsp3) is 0.452. The molecule has 2 N–H and O–H groups in total.